The Morgan fingerprint density at radius 3 is 2.33 bits per heavy atom. The van der Waals surface area contributed by atoms with Gasteiger partial charge in [0.1, 0.15) is 22.6 Å². The zero-order valence-electron chi connectivity index (χ0n) is 15.5. The molecule has 1 aliphatic heterocycles. The van der Waals surface area contributed by atoms with Crippen LogP contribution in [-0.4, -0.2) is 25.8 Å². The first-order valence-electron chi connectivity index (χ1n) is 8.56. The fourth-order valence-electron chi connectivity index (χ4n) is 3.33. The molecule has 136 valence electrons. The van der Waals surface area contributed by atoms with Crippen molar-refractivity contribution >= 4 is 29.0 Å². The number of hydrogen-bond acceptors (Lipinski definition) is 5. The van der Waals surface area contributed by atoms with E-state index in [1.807, 2.05) is 39.0 Å². The highest BCUT2D eigenvalue weighted by atomic mass is 35.5. The van der Waals surface area contributed by atoms with Crippen molar-refractivity contribution < 1.29 is 4.79 Å². The lowest BCUT2D eigenvalue weighted by molar-refractivity contribution is -0.121. The summed E-state index contributed by atoms with van der Waals surface area (Å²) < 4.78 is 0. The number of hydrogen-bond donors (Lipinski definition) is 0. The lowest BCUT2D eigenvalue weighted by Crippen LogP contribution is -2.33. The third-order valence-electron chi connectivity index (χ3n) is 4.79. The van der Waals surface area contributed by atoms with Crippen LogP contribution in [-0.2, 0) is 10.2 Å². The first-order chi connectivity index (χ1) is 12.8. The number of aryl methyl sites for hydroxylation is 2. The number of benzene rings is 1. The van der Waals surface area contributed by atoms with E-state index in [1.165, 1.54) is 0 Å². The van der Waals surface area contributed by atoms with Crippen molar-refractivity contribution in [1.29, 1.82) is 0 Å². The number of fused-ring (bicyclic) bond motifs is 1. The van der Waals surface area contributed by atoms with Crippen molar-refractivity contribution in [2.24, 2.45) is 0 Å². The Morgan fingerprint density at radius 1 is 0.963 bits per heavy atom. The van der Waals surface area contributed by atoms with Crippen molar-refractivity contribution in [1.82, 2.24) is 19.9 Å². The first kappa shape index (κ1) is 17.5. The van der Waals surface area contributed by atoms with Crippen LogP contribution in [0.5, 0.6) is 0 Å². The number of carbonyl (C=O) groups excluding carboxylic acids is 1. The first-order valence-corrected chi connectivity index (χ1v) is 8.94. The molecule has 3 heterocycles. The molecular weight excluding hydrogens is 362 g/mol. The van der Waals surface area contributed by atoms with Gasteiger partial charge in [0.2, 0.25) is 5.91 Å². The number of halogens is 1. The largest absolute Gasteiger partial charge is 0.273 e. The van der Waals surface area contributed by atoms with Gasteiger partial charge in [0.25, 0.3) is 0 Å². The van der Waals surface area contributed by atoms with Gasteiger partial charge in [-0.15, -0.1) is 0 Å². The quantitative estimate of drug-likeness (QED) is 0.625. The highest BCUT2D eigenvalue weighted by Gasteiger charge is 2.45. The highest BCUT2D eigenvalue weighted by Crippen LogP contribution is 2.46. The van der Waals surface area contributed by atoms with E-state index in [-0.39, 0.29) is 5.91 Å². The monoisotopic (exact) mass is 379 g/mol. The predicted molar refractivity (Wildman–Crippen MR) is 104 cm³/mol. The second-order valence-electron chi connectivity index (χ2n) is 7.11. The van der Waals surface area contributed by atoms with Crippen LogP contribution in [0.15, 0.2) is 36.7 Å². The maximum absolute atomic E-state index is 13.2. The molecule has 0 saturated carbocycles. The van der Waals surface area contributed by atoms with Gasteiger partial charge < -0.3 is 0 Å². The summed E-state index contributed by atoms with van der Waals surface area (Å²) in [6, 6.07) is 7.56. The van der Waals surface area contributed by atoms with E-state index in [9.17, 15) is 4.79 Å². The van der Waals surface area contributed by atoms with Gasteiger partial charge in [-0.1, -0.05) is 23.7 Å². The Bertz CT molecular complexity index is 1040. The van der Waals surface area contributed by atoms with Crippen molar-refractivity contribution in [3.63, 3.8) is 0 Å². The second-order valence-corrected chi connectivity index (χ2v) is 7.50. The molecular formula is C20H18ClN5O. The van der Waals surface area contributed by atoms with Crippen LogP contribution in [0.1, 0.15) is 31.1 Å². The fourth-order valence-corrected chi connectivity index (χ4v) is 3.55. The van der Waals surface area contributed by atoms with Crippen molar-refractivity contribution in [2.45, 2.75) is 33.1 Å². The Kier molecular flexibility index (Phi) is 3.96. The highest BCUT2D eigenvalue weighted by molar-refractivity contribution is 6.29. The molecule has 4 rings (SSSR count). The summed E-state index contributed by atoms with van der Waals surface area (Å²) in [5, 5.41) is 0.305. The third-order valence-corrected chi connectivity index (χ3v) is 4.98. The van der Waals surface area contributed by atoms with Gasteiger partial charge >= 0.3 is 0 Å². The van der Waals surface area contributed by atoms with Gasteiger partial charge in [-0.05, 0) is 44.9 Å². The van der Waals surface area contributed by atoms with E-state index in [0.717, 1.165) is 22.4 Å². The molecule has 0 aliphatic carbocycles. The minimum absolute atomic E-state index is 0.0519. The summed E-state index contributed by atoms with van der Waals surface area (Å²) in [7, 11) is 0. The lowest BCUT2D eigenvalue weighted by Gasteiger charge is -2.20. The number of anilines is 2. The molecule has 7 heteroatoms. The fraction of sp³-hybridized carbons (Fsp3) is 0.250. The Hall–Kier alpha value is -2.86. The molecule has 0 N–H and O–H groups in total. The van der Waals surface area contributed by atoms with Gasteiger partial charge in [-0.25, -0.2) is 19.9 Å². The number of carbonyl (C=O) groups is 1. The molecule has 0 atom stereocenters. The average Bonchev–Trinajstić information content (AvgIpc) is 2.81. The molecule has 0 fully saturated rings. The minimum atomic E-state index is -0.664. The summed E-state index contributed by atoms with van der Waals surface area (Å²) in [5.41, 5.74) is 2.88. The lowest BCUT2D eigenvalue weighted by atomic mass is 9.85. The van der Waals surface area contributed by atoms with E-state index >= 15 is 0 Å². The van der Waals surface area contributed by atoms with E-state index in [1.54, 1.807) is 30.3 Å². The second kappa shape index (κ2) is 6.09. The standard InChI is InChI=1S/C20H18ClN5O/c1-11-22-9-14(10-23-11)13-5-6-15-16(7-13)26(19(27)20(15,3)4)18-8-17(21)24-12(2)25-18/h5-10H,1-4H3. The van der Waals surface area contributed by atoms with Crippen molar-refractivity contribution in [2.75, 3.05) is 4.90 Å². The summed E-state index contributed by atoms with van der Waals surface area (Å²) in [6.45, 7) is 7.43. The van der Waals surface area contributed by atoms with Gasteiger partial charge in [0, 0.05) is 24.0 Å². The van der Waals surface area contributed by atoms with E-state index < -0.39 is 5.41 Å². The number of nitrogens with zero attached hydrogens (tertiary/aromatic N) is 5. The van der Waals surface area contributed by atoms with Gasteiger partial charge in [-0.2, -0.15) is 0 Å². The van der Waals surface area contributed by atoms with E-state index in [4.69, 9.17) is 11.6 Å². The van der Waals surface area contributed by atoms with Crippen LogP contribution in [0.3, 0.4) is 0 Å². The maximum atomic E-state index is 13.2. The number of amides is 1. The predicted octanol–water partition coefficient (Wildman–Crippen LogP) is 4.16. The van der Waals surface area contributed by atoms with Crippen LogP contribution in [0.2, 0.25) is 5.15 Å². The summed E-state index contributed by atoms with van der Waals surface area (Å²) in [5.74, 6) is 1.65. The normalized spacial score (nSPS) is 15.1. The van der Waals surface area contributed by atoms with Crippen molar-refractivity contribution in [3.05, 3.63) is 59.0 Å². The van der Waals surface area contributed by atoms with E-state index in [0.29, 0.717) is 22.6 Å². The molecule has 2 aromatic heterocycles. The molecule has 3 aromatic rings. The van der Waals surface area contributed by atoms with Gasteiger partial charge in [-0.3, -0.25) is 9.69 Å². The van der Waals surface area contributed by atoms with E-state index in [2.05, 4.69) is 19.9 Å². The number of rotatable bonds is 2. The molecule has 0 unspecified atom stereocenters. The molecule has 0 bridgehead atoms. The zero-order valence-corrected chi connectivity index (χ0v) is 16.2. The molecule has 27 heavy (non-hydrogen) atoms. The Balaban J connectivity index is 1.90. The Labute approximate surface area is 162 Å². The third kappa shape index (κ3) is 2.86. The van der Waals surface area contributed by atoms with Crippen LogP contribution < -0.4 is 4.90 Å². The zero-order chi connectivity index (χ0) is 19.3. The van der Waals surface area contributed by atoms with Crippen LogP contribution in [0.25, 0.3) is 11.1 Å². The minimum Gasteiger partial charge on any atom is -0.273 e. The molecule has 0 spiro atoms. The average molecular weight is 380 g/mol. The molecule has 0 radical (unpaired) electrons. The Morgan fingerprint density at radius 2 is 1.67 bits per heavy atom. The molecule has 1 aromatic carbocycles. The molecule has 1 amide bonds. The summed E-state index contributed by atoms with van der Waals surface area (Å²) in [4.78, 5) is 31.9. The topological polar surface area (TPSA) is 71.9 Å². The smallest absolute Gasteiger partial charge is 0.242 e. The van der Waals surface area contributed by atoms with Crippen LogP contribution in [0.4, 0.5) is 11.5 Å². The summed E-state index contributed by atoms with van der Waals surface area (Å²) in [6.07, 6.45) is 3.56. The number of aromatic nitrogens is 4. The molecule has 1 aliphatic rings. The maximum Gasteiger partial charge on any atom is 0.242 e. The van der Waals surface area contributed by atoms with Gasteiger partial charge in [0.05, 0.1) is 11.1 Å². The molecule has 0 saturated heterocycles. The van der Waals surface area contributed by atoms with Gasteiger partial charge in [0.15, 0.2) is 0 Å². The molecule has 6 nitrogen and oxygen atoms in total. The van der Waals surface area contributed by atoms with Crippen molar-refractivity contribution in [3.8, 4) is 11.1 Å². The summed E-state index contributed by atoms with van der Waals surface area (Å²) >= 11 is 6.11. The van der Waals surface area contributed by atoms with Crippen LogP contribution in [0, 0.1) is 13.8 Å². The SMILES string of the molecule is Cc1ncc(-c2ccc3c(c2)N(c2cc(Cl)nc(C)n2)C(=O)C3(C)C)cn1. The van der Waals surface area contributed by atoms with Crippen LogP contribution >= 0.6 is 11.6 Å².